The summed E-state index contributed by atoms with van der Waals surface area (Å²) in [6, 6.07) is 12.4. The van der Waals surface area contributed by atoms with Crippen LogP contribution in [-0.2, 0) is 24.6 Å². The number of anilines is 2. The third-order valence-electron chi connectivity index (χ3n) is 5.48. The van der Waals surface area contributed by atoms with Crippen LogP contribution in [0.5, 0.6) is 0 Å². The van der Waals surface area contributed by atoms with Crippen molar-refractivity contribution < 1.29 is 26.4 Å². The minimum absolute atomic E-state index is 0.00895. The van der Waals surface area contributed by atoms with Gasteiger partial charge in [-0.15, -0.1) is 0 Å². The lowest BCUT2D eigenvalue weighted by Gasteiger charge is -2.28. The summed E-state index contributed by atoms with van der Waals surface area (Å²) in [7, 11) is -7.04. The maximum atomic E-state index is 12.5. The molecule has 1 atom stereocenters. The van der Waals surface area contributed by atoms with Crippen molar-refractivity contribution >= 4 is 37.1 Å². The fourth-order valence-corrected chi connectivity index (χ4v) is 6.79. The number of morpholine rings is 1. The number of hydrogen-bond donors (Lipinski definition) is 2. The van der Waals surface area contributed by atoms with E-state index < -0.39 is 25.9 Å². The minimum Gasteiger partial charge on any atom is -0.378 e. The van der Waals surface area contributed by atoms with Gasteiger partial charge in [0.05, 0.1) is 29.6 Å². The smallest absolute Gasteiger partial charge is 0.255 e. The van der Waals surface area contributed by atoms with Crippen LogP contribution in [0.15, 0.2) is 53.4 Å². The topological polar surface area (TPSA) is 122 Å². The number of hydrogen-bond acceptors (Lipinski definition) is 7. The predicted octanol–water partition coefficient (Wildman–Crippen LogP) is 1.24. The number of amides is 1. The first-order valence-corrected chi connectivity index (χ1v) is 13.6. The van der Waals surface area contributed by atoms with Gasteiger partial charge in [0.15, 0.2) is 9.84 Å². The second-order valence-corrected chi connectivity index (χ2v) is 11.8. The van der Waals surface area contributed by atoms with E-state index in [2.05, 4.69) is 14.9 Å². The van der Waals surface area contributed by atoms with E-state index in [0.29, 0.717) is 24.5 Å². The molecular weight excluding hydrogens is 454 g/mol. The van der Waals surface area contributed by atoms with Gasteiger partial charge in [0.25, 0.3) is 5.91 Å². The predicted molar refractivity (Wildman–Crippen MR) is 121 cm³/mol. The molecule has 0 radical (unpaired) electrons. The van der Waals surface area contributed by atoms with Gasteiger partial charge in [0, 0.05) is 36.1 Å². The van der Waals surface area contributed by atoms with Crippen molar-refractivity contribution in [2.24, 2.45) is 0 Å². The number of nitrogens with zero attached hydrogens (tertiary/aromatic N) is 1. The lowest BCUT2D eigenvalue weighted by molar-refractivity contribution is 0.102. The standard InChI is InChI=1S/C21H25N3O6S2/c25-21(16-1-5-19(6-2-16)24-10-12-30-13-11-24)22-17-3-7-20(8-4-17)32(28,29)23-18-9-14-31(26,27)15-18/h1-8,18,23H,9-15H2,(H,22,25). The summed E-state index contributed by atoms with van der Waals surface area (Å²) in [5.74, 6) is -0.507. The maximum absolute atomic E-state index is 12.5. The number of nitrogens with one attached hydrogen (secondary N) is 2. The number of sulfonamides is 1. The molecule has 2 aromatic rings. The van der Waals surface area contributed by atoms with Crippen LogP contribution in [0.25, 0.3) is 0 Å². The van der Waals surface area contributed by atoms with Crippen LogP contribution < -0.4 is 14.9 Å². The minimum atomic E-state index is -3.85. The summed E-state index contributed by atoms with van der Waals surface area (Å²) < 4.78 is 55.9. The van der Waals surface area contributed by atoms with Crippen molar-refractivity contribution in [3.05, 3.63) is 54.1 Å². The summed E-state index contributed by atoms with van der Waals surface area (Å²) in [5, 5.41) is 2.75. The molecule has 0 saturated carbocycles. The second kappa shape index (κ2) is 9.18. The van der Waals surface area contributed by atoms with E-state index >= 15 is 0 Å². The molecule has 2 heterocycles. The highest BCUT2D eigenvalue weighted by Gasteiger charge is 2.31. The number of sulfone groups is 1. The molecule has 1 unspecified atom stereocenters. The zero-order chi connectivity index (χ0) is 22.8. The molecule has 1 amide bonds. The van der Waals surface area contributed by atoms with Gasteiger partial charge in [-0.1, -0.05) is 0 Å². The first-order valence-electron chi connectivity index (χ1n) is 10.3. The van der Waals surface area contributed by atoms with E-state index in [0.717, 1.165) is 18.8 Å². The van der Waals surface area contributed by atoms with E-state index in [4.69, 9.17) is 4.74 Å². The monoisotopic (exact) mass is 479 g/mol. The summed E-state index contributed by atoms with van der Waals surface area (Å²) >= 11 is 0. The first-order chi connectivity index (χ1) is 15.2. The van der Waals surface area contributed by atoms with E-state index in [1.165, 1.54) is 24.3 Å². The van der Waals surface area contributed by atoms with Crippen molar-refractivity contribution in [1.29, 1.82) is 0 Å². The Kier molecular flexibility index (Phi) is 6.52. The van der Waals surface area contributed by atoms with Gasteiger partial charge in [-0.2, -0.15) is 0 Å². The van der Waals surface area contributed by atoms with Crippen LogP contribution in [0.1, 0.15) is 16.8 Å². The van der Waals surface area contributed by atoms with Crippen LogP contribution in [0.3, 0.4) is 0 Å². The highest BCUT2D eigenvalue weighted by atomic mass is 32.2. The molecule has 2 aromatic carbocycles. The number of ether oxygens (including phenoxy) is 1. The number of benzene rings is 2. The molecule has 9 nitrogen and oxygen atoms in total. The highest BCUT2D eigenvalue weighted by molar-refractivity contribution is 7.92. The van der Waals surface area contributed by atoms with Crippen molar-refractivity contribution in [3.63, 3.8) is 0 Å². The van der Waals surface area contributed by atoms with Gasteiger partial charge in [-0.25, -0.2) is 21.6 Å². The normalized spacial score (nSPS) is 20.8. The van der Waals surface area contributed by atoms with Crippen molar-refractivity contribution in [1.82, 2.24) is 4.72 Å². The van der Waals surface area contributed by atoms with Gasteiger partial charge in [-0.3, -0.25) is 4.79 Å². The molecule has 172 valence electrons. The molecule has 4 rings (SSSR count). The Morgan fingerprint density at radius 2 is 1.66 bits per heavy atom. The molecule has 0 spiro atoms. The highest BCUT2D eigenvalue weighted by Crippen LogP contribution is 2.20. The van der Waals surface area contributed by atoms with E-state index in [1.807, 2.05) is 12.1 Å². The molecule has 32 heavy (non-hydrogen) atoms. The fourth-order valence-electron chi connectivity index (χ4n) is 3.74. The molecule has 2 aliphatic heterocycles. The van der Waals surface area contributed by atoms with Crippen molar-refractivity contribution in [2.75, 3.05) is 48.0 Å². The van der Waals surface area contributed by atoms with E-state index in [9.17, 15) is 21.6 Å². The van der Waals surface area contributed by atoms with Gasteiger partial charge in [0.1, 0.15) is 0 Å². The van der Waals surface area contributed by atoms with Gasteiger partial charge >= 0.3 is 0 Å². The average molecular weight is 480 g/mol. The second-order valence-electron chi connectivity index (χ2n) is 7.85. The fraction of sp³-hybridized carbons (Fsp3) is 0.381. The Labute approximate surface area is 187 Å². The quantitative estimate of drug-likeness (QED) is 0.639. The van der Waals surface area contributed by atoms with Crippen LogP contribution >= 0.6 is 0 Å². The van der Waals surface area contributed by atoms with E-state index in [-0.39, 0.29) is 28.7 Å². The van der Waals surface area contributed by atoms with Crippen molar-refractivity contribution in [2.45, 2.75) is 17.4 Å². The summed E-state index contributed by atoms with van der Waals surface area (Å²) in [4.78, 5) is 14.7. The zero-order valence-electron chi connectivity index (χ0n) is 17.4. The average Bonchev–Trinajstić information content (AvgIpc) is 3.12. The molecule has 0 aromatic heterocycles. The Hall–Kier alpha value is -2.47. The number of carbonyl (C=O) groups excluding carboxylic acids is 1. The Balaban J connectivity index is 1.37. The SMILES string of the molecule is O=C(Nc1ccc(S(=O)(=O)NC2CCS(=O)(=O)C2)cc1)c1ccc(N2CCOCC2)cc1. The van der Waals surface area contributed by atoms with Gasteiger partial charge in [0.2, 0.25) is 10.0 Å². The first kappa shape index (κ1) is 22.7. The maximum Gasteiger partial charge on any atom is 0.255 e. The van der Waals surface area contributed by atoms with E-state index in [1.54, 1.807) is 12.1 Å². The third-order valence-corrected chi connectivity index (χ3v) is 8.79. The largest absolute Gasteiger partial charge is 0.378 e. The Bertz CT molecular complexity index is 1170. The molecule has 0 aliphatic carbocycles. The molecule has 11 heteroatoms. The third kappa shape index (κ3) is 5.47. The van der Waals surface area contributed by atoms with Crippen LogP contribution in [0.4, 0.5) is 11.4 Å². The molecule has 2 N–H and O–H groups in total. The zero-order valence-corrected chi connectivity index (χ0v) is 19.0. The Morgan fingerprint density at radius 3 is 2.25 bits per heavy atom. The van der Waals surface area contributed by atoms with Gasteiger partial charge in [-0.05, 0) is 55.0 Å². The summed E-state index contributed by atoms with van der Waals surface area (Å²) in [5.41, 5.74) is 1.97. The molecule has 2 saturated heterocycles. The van der Waals surface area contributed by atoms with Crippen LogP contribution in [0.2, 0.25) is 0 Å². The van der Waals surface area contributed by atoms with Crippen LogP contribution in [0, 0.1) is 0 Å². The lowest BCUT2D eigenvalue weighted by atomic mass is 10.1. The summed E-state index contributed by atoms with van der Waals surface area (Å²) in [6.07, 6.45) is 0.264. The molecular formula is C21H25N3O6S2. The van der Waals surface area contributed by atoms with Crippen LogP contribution in [-0.4, -0.2) is 66.6 Å². The number of carbonyl (C=O) groups is 1. The Morgan fingerprint density at radius 1 is 1.00 bits per heavy atom. The molecule has 2 fully saturated rings. The van der Waals surface area contributed by atoms with Gasteiger partial charge < -0.3 is 15.0 Å². The molecule has 0 bridgehead atoms. The number of rotatable bonds is 6. The molecule has 2 aliphatic rings. The lowest BCUT2D eigenvalue weighted by Crippen LogP contribution is -2.36. The summed E-state index contributed by atoms with van der Waals surface area (Å²) in [6.45, 7) is 2.99. The van der Waals surface area contributed by atoms with Crippen molar-refractivity contribution in [3.8, 4) is 0 Å².